The summed E-state index contributed by atoms with van der Waals surface area (Å²) in [4.78, 5) is 0. The van der Waals surface area contributed by atoms with Crippen LogP contribution >= 0.6 is 50.1 Å². The van der Waals surface area contributed by atoms with E-state index in [4.69, 9.17) is 11.6 Å². The minimum absolute atomic E-state index is 0.840. The molecular formula is C21H21BrClI. The van der Waals surface area contributed by atoms with Crippen molar-refractivity contribution >= 4 is 50.1 Å². The third-order valence-electron chi connectivity index (χ3n) is 3.13. The molecule has 3 rings (SSSR count). The molecule has 0 bridgehead atoms. The van der Waals surface area contributed by atoms with Crippen LogP contribution in [0.1, 0.15) is 16.7 Å². The summed E-state index contributed by atoms with van der Waals surface area (Å²) in [6.07, 6.45) is 0. The van der Waals surface area contributed by atoms with Gasteiger partial charge in [-0.3, -0.25) is 0 Å². The molecule has 3 heteroatoms. The molecule has 0 nitrogen and oxygen atoms in total. The molecule has 0 aliphatic heterocycles. The molecule has 0 amide bonds. The summed E-state index contributed by atoms with van der Waals surface area (Å²) >= 11 is 11.4. The fourth-order valence-corrected chi connectivity index (χ4v) is 2.83. The second-order valence-corrected chi connectivity index (χ2v) is 7.80. The average molecular weight is 516 g/mol. The van der Waals surface area contributed by atoms with Crippen LogP contribution in [0.4, 0.5) is 0 Å². The van der Waals surface area contributed by atoms with Gasteiger partial charge in [0, 0.05) is 13.1 Å². The van der Waals surface area contributed by atoms with Crippen molar-refractivity contribution in [2.45, 2.75) is 20.8 Å². The van der Waals surface area contributed by atoms with Crippen molar-refractivity contribution in [2.24, 2.45) is 0 Å². The third-order valence-corrected chi connectivity index (χ3v) is 5.12. The minimum atomic E-state index is 0.840. The first-order valence-electron chi connectivity index (χ1n) is 7.54. The second-order valence-electron chi connectivity index (χ2n) is 5.30. The second kappa shape index (κ2) is 11.7. The topological polar surface area (TPSA) is 0 Å². The standard InChI is InChI=1S/C7H7Br.C7H7Cl.C7H7I/c2*1-6-4-2-3-5-7(6)8;1-6-3-2-4-7(8)5-6/h3*2-5H,1H3. The summed E-state index contributed by atoms with van der Waals surface area (Å²) in [7, 11) is 0. The third kappa shape index (κ3) is 8.86. The first kappa shape index (κ1) is 21.2. The number of benzene rings is 3. The van der Waals surface area contributed by atoms with Gasteiger partial charge in [0.25, 0.3) is 0 Å². The van der Waals surface area contributed by atoms with E-state index in [0.717, 1.165) is 10.6 Å². The van der Waals surface area contributed by atoms with Crippen molar-refractivity contribution in [3.8, 4) is 0 Å². The van der Waals surface area contributed by atoms with E-state index in [0.29, 0.717) is 0 Å². The zero-order valence-electron chi connectivity index (χ0n) is 14.1. The van der Waals surface area contributed by atoms with Crippen LogP contribution in [0.5, 0.6) is 0 Å². The summed E-state index contributed by atoms with van der Waals surface area (Å²) in [5.74, 6) is 0. The quantitative estimate of drug-likeness (QED) is 0.266. The Kier molecular flexibility index (Phi) is 10.3. The molecule has 0 fully saturated rings. The Bertz CT molecular complexity index is 653. The van der Waals surface area contributed by atoms with Crippen molar-refractivity contribution in [2.75, 3.05) is 0 Å². The molecule has 0 saturated heterocycles. The van der Waals surface area contributed by atoms with Crippen molar-refractivity contribution < 1.29 is 0 Å². The van der Waals surface area contributed by atoms with E-state index in [-0.39, 0.29) is 0 Å². The predicted octanol–water partition coefficient (Wildman–Crippen LogP) is 8.01. The minimum Gasteiger partial charge on any atom is -0.0841 e. The summed E-state index contributed by atoms with van der Waals surface area (Å²) in [6.45, 7) is 6.16. The van der Waals surface area contributed by atoms with Gasteiger partial charge < -0.3 is 0 Å². The van der Waals surface area contributed by atoms with Gasteiger partial charge in [0.15, 0.2) is 0 Å². The smallest absolute Gasteiger partial charge is 0.0435 e. The van der Waals surface area contributed by atoms with E-state index < -0.39 is 0 Å². The van der Waals surface area contributed by atoms with Crippen molar-refractivity contribution in [3.63, 3.8) is 0 Å². The largest absolute Gasteiger partial charge is 0.0841 e. The van der Waals surface area contributed by atoms with Crippen LogP contribution in [0.25, 0.3) is 0 Å². The van der Waals surface area contributed by atoms with Crippen LogP contribution in [0, 0.1) is 24.3 Å². The van der Waals surface area contributed by atoms with E-state index in [1.807, 2.05) is 49.4 Å². The lowest BCUT2D eigenvalue weighted by Crippen LogP contribution is -1.70. The zero-order valence-corrected chi connectivity index (χ0v) is 18.6. The van der Waals surface area contributed by atoms with Crippen LogP contribution in [0.15, 0.2) is 77.3 Å². The normalized spacial score (nSPS) is 9.25. The number of halogens is 3. The van der Waals surface area contributed by atoms with Crippen LogP contribution in [-0.2, 0) is 0 Å². The monoisotopic (exact) mass is 514 g/mol. The van der Waals surface area contributed by atoms with Gasteiger partial charge in [0.1, 0.15) is 0 Å². The molecule has 0 aliphatic rings. The number of rotatable bonds is 0. The Morgan fingerprint density at radius 1 is 0.750 bits per heavy atom. The van der Waals surface area contributed by atoms with E-state index in [1.54, 1.807) is 0 Å². The lowest BCUT2D eigenvalue weighted by atomic mass is 10.2. The van der Waals surface area contributed by atoms with Gasteiger partial charge in [0.05, 0.1) is 0 Å². The lowest BCUT2D eigenvalue weighted by molar-refractivity contribution is 1.43. The maximum Gasteiger partial charge on any atom is 0.0435 e. The van der Waals surface area contributed by atoms with Gasteiger partial charge in [-0.2, -0.15) is 0 Å². The zero-order chi connectivity index (χ0) is 17.9. The first-order chi connectivity index (χ1) is 11.4. The van der Waals surface area contributed by atoms with E-state index in [1.165, 1.54) is 19.2 Å². The van der Waals surface area contributed by atoms with Crippen molar-refractivity contribution in [1.29, 1.82) is 0 Å². The Morgan fingerprint density at radius 2 is 1.33 bits per heavy atom. The van der Waals surface area contributed by atoms with Gasteiger partial charge >= 0.3 is 0 Å². The molecule has 0 heterocycles. The Morgan fingerprint density at radius 3 is 1.67 bits per heavy atom. The van der Waals surface area contributed by atoms with Crippen LogP contribution in [0.3, 0.4) is 0 Å². The molecule has 0 atom stereocenters. The van der Waals surface area contributed by atoms with Crippen LogP contribution < -0.4 is 0 Å². The molecule has 24 heavy (non-hydrogen) atoms. The Labute approximate surface area is 172 Å². The SMILES string of the molecule is Cc1cccc(I)c1.Cc1ccccc1Br.Cc1ccccc1Cl. The fourth-order valence-electron chi connectivity index (χ4n) is 1.71. The Hall–Kier alpha value is -0.840. The lowest BCUT2D eigenvalue weighted by Gasteiger charge is -1.91. The first-order valence-corrected chi connectivity index (χ1v) is 9.79. The highest BCUT2D eigenvalue weighted by molar-refractivity contribution is 14.1. The van der Waals surface area contributed by atoms with E-state index in [2.05, 4.69) is 82.7 Å². The average Bonchev–Trinajstić information content (AvgIpc) is 2.54. The number of hydrogen-bond donors (Lipinski definition) is 0. The molecule has 0 spiro atoms. The maximum atomic E-state index is 5.71. The van der Waals surface area contributed by atoms with E-state index >= 15 is 0 Å². The molecule has 0 aliphatic carbocycles. The number of hydrogen-bond acceptors (Lipinski definition) is 0. The molecule has 0 saturated carbocycles. The summed E-state index contributed by atoms with van der Waals surface area (Å²) in [6, 6.07) is 24.3. The van der Waals surface area contributed by atoms with E-state index in [9.17, 15) is 0 Å². The molecule has 0 unspecified atom stereocenters. The van der Waals surface area contributed by atoms with Crippen molar-refractivity contribution in [1.82, 2.24) is 0 Å². The highest BCUT2D eigenvalue weighted by Gasteiger charge is 1.87. The van der Waals surface area contributed by atoms with Crippen LogP contribution in [0.2, 0.25) is 5.02 Å². The van der Waals surface area contributed by atoms with Gasteiger partial charge in [-0.05, 0) is 78.8 Å². The van der Waals surface area contributed by atoms with Crippen molar-refractivity contribution in [3.05, 3.63) is 103 Å². The highest BCUT2D eigenvalue weighted by Crippen LogP contribution is 2.13. The molecule has 0 aromatic heterocycles. The molecule has 0 radical (unpaired) electrons. The predicted molar refractivity (Wildman–Crippen MR) is 119 cm³/mol. The Balaban J connectivity index is 0.000000180. The number of aryl methyl sites for hydroxylation is 3. The van der Waals surface area contributed by atoms with Gasteiger partial charge in [-0.1, -0.05) is 81.6 Å². The van der Waals surface area contributed by atoms with Gasteiger partial charge in [-0.25, -0.2) is 0 Å². The summed E-state index contributed by atoms with van der Waals surface area (Å²) in [5, 5.41) is 0.840. The summed E-state index contributed by atoms with van der Waals surface area (Å²) in [5.41, 5.74) is 3.75. The molecule has 3 aromatic carbocycles. The van der Waals surface area contributed by atoms with Gasteiger partial charge in [0.2, 0.25) is 0 Å². The highest BCUT2D eigenvalue weighted by atomic mass is 127. The summed E-state index contributed by atoms with van der Waals surface area (Å²) < 4.78 is 2.49. The van der Waals surface area contributed by atoms with Crippen LogP contribution in [-0.4, -0.2) is 0 Å². The maximum absolute atomic E-state index is 5.71. The molecular weight excluding hydrogens is 494 g/mol. The molecule has 3 aromatic rings. The fraction of sp³-hybridized carbons (Fsp3) is 0.143. The molecule has 0 N–H and O–H groups in total. The molecule has 126 valence electrons. The van der Waals surface area contributed by atoms with Gasteiger partial charge in [-0.15, -0.1) is 0 Å².